The molecule has 12 heavy (non-hydrogen) atoms. The fourth-order valence-electron chi connectivity index (χ4n) is 0.905. The molecule has 0 aromatic heterocycles. The fourth-order valence-corrected chi connectivity index (χ4v) is 0.905. The molecular weight excluding hydrogens is 152 g/mol. The topological polar surface area (TPSA) is 37.3 Å². The van der Waals surface area contributed by atoms with Crippen molar-refractivity contribution in [1.29, 1.82) is 0 Å². The zero-order valence-electron chi connectivity index (χ0n) is 8.13. The maximum absolute atomic E-state index is 10.5. The number of aliphatic hydroxyl groups excluding tert-OH is 1. The molecule has 1 N–H and O–H groups in total. The van der Waals surface area contributed by atoms with Gasteiger partial charge in [-0.25, -0.2) is 0 Å². The second kappa shape index (κ2) is 5.81. The lowest BCUT2D eigenvalue weighted by molar-refractivity contribution is -0.112. The summed E-state index contributed by atoms with van der Waals surface area (Å²) in [6, 6.07) is 0. The zero-order chi connectivity index (χ0) is 9.56. The van der Waals surface area contributed by atoms with Crippen LogP contribution in [0.2, 0.25) is 0 Å². The van der Waals surface area contributed by atoms with E-state index in [-0.39, 0.29) is 11.5 Å². The first-order chi connectivity index (χ1) is 5.56. The number of aliphatic hydroxyl groups is 1. The van der Waals surface area contributed by atoms with Crippen molar-refractivity contribution in [2.24, 2.45) is 5.92 Å². The Balaban J connectivity index is 3.70. The summed E-state index contributed by atoms with van der Waals surface area (Å²) in [5, 5.41) is 9.20. The molecule has 0 aliphatic carbocycles. The van der Waals surface area contributed by atoms with Gasteiger partial charge in [0, 0.05) is 12.5 Å². The lowest BCUT2D eigenvalue weighted by Gasteiger charge is -2.06. The number of rotatable bonds is 5. The van der Waals surface area contributed by atoms with Crippen LogP contribution in [0, 0.1) is 5.92 Å². The van der Waals surface area contributed by atoms with Gasteiger partial charge in [0.15, 0.2) is 5.78 Å². The molecule has 2 nitrogen and oxygen atoms in total. The second-order valence-corrected chi connectivity index (χ2v) is 3.30. The molecule has 0 aliphatic rings. The van der Waals surface area contributed by atoms with E-state index in [2.05, 4.69) is 13.8 Å². The van der Waals surface area contributed by atoms with Crippen molar-refractivity contribution in [2.45, 2.75) is 40.0 Å². The van der Waals surface area contributed by atoms with Gasteiger partial charge in [-0.1, -0.05) is 20.3 Å². The maximum atomic E-state index is 10.5. The van der Waals surface area contributed by atoms with Crippen molar-refractivity contribution in [3.05, 3.63) is 11.8 Å². The highest BCUT2D eigenvalue weighted by Crippen LogP contribution is 2.12. The summed E-state index contributed by atoms with van der Waals surface area (Å²) < 4.78 is 0. The number of hydrogen-bond donors (Lipinski definition) is 1. The van der Waals surface area contributed by atoms with Gasteiger partial charge in [0.05, 0.1) is 5.76 Å². The molecule has 0 aliphatic heterocycles. The molecule has 0 aromatic rings. The van der Waals surface area contributed by atoms with E-state index in [9.17, 15) is 9.90 Å². The van der Waals surface area contributed by atoms with Crippen LogP contribution in [-0.2, 0) is 4.79 Å². The van der Waals surface area contributed by atoms with Gasteiger partial charge in [-0.15, -0.1) is 0 Å². The van der Waals surface area contributed by atoms with Gasteiger partial charge >= 0.3 is 0 Å². The van der Waals surface area contributed by atoms with Crippen molar-refractivity contribution in [2.75, 3.05) is 0 Å². The van der Waals surface area contributed by atoms with Gasteiger partial charge in [-0.3, -0.25) is 4.79 Å². The van der Waals surface area contributed by atoms with E-state index in [0.717, 1.165) is 12.8 Å². The molecule has 70 valence electrons. The molecule has 0 saturated heterocycles. The van der Waals surface area contributed by atoms with Crippen LogP contribution in [0.1, 0.15) is 40.0 Å². The molecule has 0 fully saturated rings. The van der Waals surface area contributed by atoms with E-state index in [1.807, 2.05) is 0 Å². The Morgan fingerprint density at radius 3 is 2.58 bits per heavy atom. The van der Waals surface area contributed by atoms with Gasteiger partial charge in [-0.2, -0.15) is 0 Å². The summed E-state index contributed by atoms with van der Waals surface area (Å²) in [6.07, 6.45) is 3.98. The molecule has 2 heteroatoms. The highest BCUT2D eigenvalue weighted by atomic mass is 16.3. The summed E-state index contributed by atoms with van der Waals surface area (Å²) in [5.74, 6) is 0.743. The molecule has 0 heterocycles. The van der Waals surface area contributed by atoms with Crippen molar-refractivity contribution < 1.29 is 9.90 Å². The van der Waals surface area contributed by atoms with E-state index in [4.69, 9.17) is 0 Å². The lowest BCUT2D eigenvalue weighted by Crippen LogP contribution is -1.95. The van der Waals surface area contributed by atoms with Gasteiger partial charge in [-0.05, 0) is 19.3 Å². The minimum Gasteiger partial charge on any atom is -0.512 e. The first-order valence-corrected chi connectivity index (χ1v) is 4.46. The predicted octanol–water partition coefficient (Wildman–Crippen LogP) is 2.84. The Labute approximate surface area is 74.3 Å². The third kappa shape index (κ3) is 5.96. The third-order valence-corrected chi connectivity index (χ3v) is 1.96. The predicted molar refractivity (Wildman–Crippen MR) is 50.1 cm³/mol. The van der Waals surface area contributed by atoms with Crippen LogP contribution in [-0.4, -0.2) is 10.9 Å². The molecule has 0 spiro atoms. The fraction of sp³-hybridized carbons (Fsp3) is 0.700. The first kappa shape index (κ1) is 11.2. The monoisotopic (exact) mass is 170 g/mol. The smallest absolute Gasteiger partial charge is 0.155 e. The maximum Gasteiger partial charge on any atom is 0.155 e. The quantitative estimate of drug-likeness (QED) is 0.509. The SMILES string of the molecule is CCC(C)CCC(O)=CC(C)=O. The molecule has 0 aromatic carbocycles. The highest BCUT2D eigenvalue weighted by molar-refractivity contribution is 5.87. The van der Waals surface area contributed by atoms with Gasteiger partial charge < -0.3 is 5.11 Å². The minimum absolute atomic E-state index is 0.0864. The standard InChI is InChI=1S/C10H18O2/c1-4-8(2)5-6-10(12)7-9(3)11/h7-8,12H,4-6H2,1-3H3. The van der Waals surface area contributed by atoms with Crippen LogP contribution in [0.4, 0.5) is 0 Å². The van der Waals surface area contributed by atoms with Crippen molar-refractivity contribution in [3.63, 3.8) is 0 Å². The summed E-state index contributed by atoms with van der Waals surface area (Å²) >= 11 is 0. The Morgan fingerprint density at radius 1 is 1.58 bits per heavy atom. The Bertz CT molecular complexity index is 171. The molecule has 1 unspecified atom stereocenters. The molecule has 0 saturated carbocycles. The van der Waals surface area contributed by atoms with Crippen LogP contribution in [0.3, 0.4) is 0 Å². The average Bonchev–Trinajstić information content (AvgIpc) is 1.99. The average molecular weight is 170 g/mol. The van der Waals surface area contributed by atoms with Crippen LogP contribution < -0.4 is 0 Å². The van der Waals surface area contributed by atoms with Crippen molar-refractivity contribution in [3.8, 4) is 0 Å². The molecule has 0 rings (SSSR count). The van der Waals surface area contributed by atoms with E-state index in [1.165, 1.54) is 13.0 Å². The lowest BCUT2D eigenvalue weighted by atomic mass is 10.0. The number of hydrogen-bond acceptors (Lipinski definition) is 2. The molecular formula is C10H18O2. The number of allylic oxidation sites excluding steroid dienone is 2. The van der Waals surface area contributed by atoms with E-state index in [1.54, 1.807) is 0 Å². The first-order valence-electron chi connectivity index (χ1n) is 4.46. The summed E-state index contributed by atoms with van der Waals surface area (Å²) in [6.45, 7) is 5.71. The Morgan fingerprint density at radius 2 is 2.17 bits per heavy atom. The summed E-state index contributed by atoms with van der Waals surface area (Å²) in [4.78, 5) is 10.5. The Kier molecular flexibility index (Phi) is 5.43. The number of carbonyl (C=O) groups is 1. The van der Waals surface area contributed by atoms with Gasteiger partial charge in [0.25, 0.3) is 0 Å². The normalized spacial score (nSPS) is 14.4. The third-order valence-electron chi connectivity index (χ3n) is 1.96. The molecule has 0 bridgehead atoms. The summed E-state index contributed by atoms with van der Waals surface area (Å²) in [7, 11) is 0. The molecule has 1 atom stereocenters. The zero-order valence-corrected chi connectivity index (χ0v) is 8.13. The van der Waals surface area contributed by atoms with Crippen molar-refractivity contribution in [1.82, 2.24) is 0 Å². The van der Waals surface area contributed by atoms with Crippen LogP contribution in [0.5, 0.6) is 0 Å². The second-order valence-electron chi connectivity index (χ2n) is 3.30. The van der Waals surface area contributed by atoms with Gasteiger partial charge in [0.2, 0.25) is 0 Å². The van der Waals surface area contributed by atoms with E-state index in [0.29, 0.717) is 12.3 Å². The van der Waals surface area contributed by atoms with E-state index < -0.39 is 0 Å². The van der Waals surface area contributed by atoms with Crippen molar-refractivity contribution >= 4 is 5.78 Å². The number of ketones is 1. The Hall–Kier alpha value is -0.790. The van der Waals surface area contributed by atoms with E-state index >= 15 is 0 Å². The number of carbonyl (C=O) groups excluding carboxylic acids is 1. The highest BCUT2D eigenvalue weighted by Gasteiger charge is 2.01. The van der Waals surface area contributed by atoms with Crippen LogP contribution >= 0.6 is 0 Å². The van der Waals surface area contributed by atoms with Crippen LogP contribution in [0.25, 0.3) is 0 Å². The van der Waals surface area contributed by atoms with Gasteiger partial charge in [0.1, 0.15) is 0 Å². The largest absolute Gasteiger partial charge is 0.512 e. The summed E-state index contributed by atoms with van der Waals surface area (Å²) in [5.41, 5.74) is 0. The molecule has 0 amide bonds. The van der Waals surface area contributed by atoms with Crippen LogP contribution in [0.15, 0.2) is 11.8 Å². The molecule has 0 radical (unpaired) electrons. The minimum atomic E-state index is -0.0864.